The third kappa shape index (κ3) is 4.25. The van der Waals surface area contributed by atoms with Gasteiger partial charge in [0.2, 0.25) is 5.89 Å². The van der Waals surface area contributed by atoms with Crippen LogP contribution in [0.2, 0.25) is 0 Å². The predicted molar refractivity (Wildman–Crippen MR) is 145 cm³/mol. The standard InChI is InChI=1S/C32H24N2O2/c35-31(26-15-7-5-13-24(26)19-18-22-10-2-1-3-11-22)33-28-17-9-8-16-27(28)32-34-29-21-20-23-12-4-6-14-25(23)30(29)36-32/h1-17,20-21H,18-19H2,(H,33,35). The highest BCUT2D eigenvalue weighted by atomic mass is 16.3. The van der Waals surface area contributed by atoms with Crippen LogP contribution < -0.4 is 5.32 Å². The fraction of sp³-hybridized carbons (Fsp3) is 0.0625. The van der Waals surface area contributed by atoms with Crippen LogP contribution in [0.15, 0.2) is 120 Å². The molecule has 0 aliphatic carbocycles. The Hall–Kier alpha value is -4.70. The maximum atomic E-state index is 13.4. The van der Waals surface area contributed by atoms with Crippen LogP contribution in [0.3, 0.4) is 0 Å². The van der Waals surface area contributed by atoms with Gasteiger partial charge in [-0.05, 0) is 53.6 Å². The highest BCUT2D eigenvalue weighted by molar-refractivity contribution is 6.07. The first-order valence-corrected chi connectivity index (χ1v) is 12.1. The summed E-state index contributed by atoms with van der Waals surface area (Å²) in [6.45, 7) is 0. The number of anilines is 1. The van der Waals surface area contributed by atoms with Gasteiger partial charge in [0.25, 0.3) is 5.91 Å². The molecule has 0 aliphatic rings. The first-order chi connectivity index (χ1) is 17.8. The Morgan fingerprint density at radius 2 is 1.47 bits per heavy atom. The number of nitrogens with zero attached hydrogens (tertiary/aromatic N) is 1. The lowest BCUT2D eigenvalue weighted by atomic mass is 9.99. The molecule has 6 rings (SSSR count). The van der Waals surface area contributed by atoms with Gasteiger partial charge in [0.05, 0.1) is 11.3 Å². The molecule has 0 unspecified atom stereocenters. The number of hydrogen-bond acceptors (Lipinski definition) is 3. The monoisotopic (exact) mass is 468 g/mol. The summed E-state index contributed by atoms with van der Waals surface area (Å²) in [6, 6.07) is 37.8. The van der Waals surface area contributed by atoms with Gasteiger partial charge in [-0.1, -0.05) is 91.0 Å². The number of fused-ring (bicyclic) bond motifs is 3. The first kappa shape index (κ1) is 21.8. The number of nitrogens with one attached hydrogen (secondary N) is 1. The van der Waals surface area contributed by atoms with E-state index in [2.05, 4.69) is 23.5 Å². The van der Waals surface area contributed by atoms with Crippen molar-refractivity contribution in [1.82, 2.24) is 4.98 Å². The third-order valence-corrected chi connectivity index (χ3v) is 6.47. The summed E-state index contributed by atoms with van der Waals surface area (Å²) in [6.07, 6.45) is 1.66. The summed E-state index contributed by atoms with van der Waals surface area (Å²) in [5.41, 5.74) is 5.88. The van der Waals surface area contributed by atoms with E-state index in [0.717, 1.165) is 45.8 Å². The van der Waals surface area contributed by atoms with Crippen LogP contribution in [0.1, 0.15) is 21.5 Å². The molecular weight excluding hydrogens is 444 g/mol. The van der Waals surface area contributed by atoms with Gasteiger partial charge in [-0.25, -0.2) is 4.98 Å². The quantitative estimate of drug-likeness (QED) is 0.273. The molecule has 6 aromatic rings. The molecule has 36 heavy (non-hydrogen) atoms. The van der Waals surface area contributed by atoms with E-state index in [9.17, 15) is 4.79 Å². The lowest BCUT2D eigenvalue weighted by Crippen LogP contribution is -2.15. The third-order valence-electron chi connectivity index (χ3n) is 6.47. The van der Waals surface area contributed by atoms with Gasteiger partial charge in [0.1, 0.15) is 5.52 Å². The van der Waals surface area contributed by atoms with E-state index in [4.69, 9.17) is 9.40 Å². The number of carbonyl (C=O) groups is 1. The summed E-state index contributed by atoms with van der Waals surface area (Å²) >= 11 is 0. The van der Waals surface area contributed by atoms with E-state index >= 15 is 0 Å². The smallest absolute Gasteiger partial charge is 0.255 e. The van der Waals surface area contributed by atoms with Crippen LogP contribution in [0.25, 0.3) is 33.3 Å². The molecule has 1 aromatic heterocycles. The maximum absolute atomic E-state index is 13.4. The van der Waals surface area contributed by atoms with E-state index in [-0.39, 0.29) is 5.91 Å². The Balaban J connectivity index is 1.30. The van der Waals surface area contributed by atoms with Gasteiger partial charge in [-0.3, -0.25) is 4.79 Å². The molecule has 0 radical (unpaired) electrons. The van der Waals surface area contributed by atoms with Crippen molar-refractivity contribution in [2.45, 2.75) is 12.8 Å². The van der Waals surface area contributed by atoms with Crippen molar-refractivity contribution < 1.29 is 9.21 Å². The second-order valence-electron chi connectivity index (χ2n) is 8.80. The molecule has 4 heteroatoms. The normalized spacial score (nSPS) is 11.1. The molecule has 4 nitrogen and oxygen atoms in total. The zero-order chi connectivity index (χ0) is 24.3. The van der Waals surface area contributed by atoms with E-state index in [1.54, 1.807) is 0 Å². The van der Waals surface area contributed by atoms with Crippen LogP contribution >= 0.6 is 0 Å². The van der Waals surface area contributed by atoms with Crippen LogP contribution in [-0.4, -0.2) is 10.9 Å². The van der Waals surface area contributed by atoms with Crippen molar-refractivity contribution in [2.75, 3.05) is 5.32 Å². The first-order valence-electron chi connectivity index (χ1n) is 12.1. The Labute approximate surface area is 209 Å². The predicted octanol–water partition coefficient (Wildman–Crippen LogP) is 7.69. The molecule has 0 bridgehead atoms. The number of benzene rings is 5. The minimum atomic E-state index is -0.146. The van der Waals surface area contributed by atoms with Crippen molar-refractivity contribution >= 4 is 33.5 Å². The number of aryl methyl sites for hydroxylation is 2. The summed E-state index contributed by atoms with van der Waals surface area (Å²) in [5.74, 6) is 0.335. The largest absolute Gasteiger partial charge is 0.435 e. The Bertz CT molecular complexity index is 1690. The number of hydrogen-bond donors (Lipinski definition) is 1. The molecule has 5 aromatic carbocycles. The van der Waals surface area contributed by atoms with Crippen LogP contribution in [-0.2, 0) is 12.8 Å². The van der Waals surface area contributed by atoms with E-state index in [1.807, 2.05) is 97.1 Å². The highest BCUT2D eigenvalue weighted by Gasteiger charge is 2.17. The summed E-state index contributed by atoms with van der Waals surface area (Å²) < 4.78 is 6.24. The topological polar surface area (TPSA) is 55.1 Å². The van der Waals surface area contributed by atoms with Gasteiger partial charge in [0.15, 0.2) is 5.58 Å². The molecule has 0 aliphatic heterocycles. The minimum absolute atomic E-state index is 0.146. The van der Waals surface area contributed by atoms with E-state index in [0.29, 0.717) is 17.1 Å². The van der Waals surface area contributed by atoms with Gasteiger partial charge < -0.3 is 9.73 Å². The van der Waals surface area contributed by atoms with Crippen LogP contribution in [0, 0.1) is 0 Å². The average molecular weight is 469 g/mol. The SMILES string of the molecule is O=C(Nc1ccccc1-c1nc2ccc3ccccc3c2o1)c1ccccc1CCc1ccccc1. The fourth-order valence-corrected chi connectivity index (χ4v) is 4.62. The molecule has 1 amide bonds. The zero-order valence-corrected chi connectivity index (χ0v) is 19.6. The molecule has 1 N–H and O–H groups in total. The molecule has 174 valence electrons. The molecule has 0 saturated heterocycles. The molecular formula is C32H24N2O2. The van der Waals surface area contributed by atoms with Gasteiger partial charge in [-0.15, -0.1) is 0 Å². The average Bonchev–Trinajstić information content (AvgIpc) is 3.38. The number of carbonyl (C=O) groups excluding carboxylic acids is 1. The summed E-state index contributed by atoms with van der Waals surface area (Å²) in [4.78, 5) is 18.2. The van der Waals surface area contributed by atoms with Gasteiger partial charge >= 0.3 is 0 Å². The van der Waals surface area contributed by atoms with Crippen molar-refractivity contribution in [3.63, 3.8) is 0 Å². The van der Waals surface area contributed by atoms with E-state index < -0.39 is 0 Å². The molecule has 0 atom stereocenters. The lowest BCUT2D eigenvalue weighted by molar-refractivity contribution is 0.102. The van der Waals surface area contributed by atoms with E-state index in [1.165, 1.54) is 5.56 Å². The van der Waals surface area contributed by atoms with Crippen molar-refractivity contribution in [2.24, 2.45) is 0 Å². The second-order valence-corrected chi connectivity index (χ2v) is 8.80. The van der Waals surface area contributed by atoms with Crippen LogP contribution in [0.4, 0.5) is 5.69 Å². The molecule has 1 heterocycles. The number of amides is 1. The summed E-state index contributed by atoms with van der Waals surface area (Å²) in [5, 5.41) is 5.22. The Kier molecular flexibility index (Phi) is 5.76. The van der Waals surface area contributed by atoms with Crippen molar-refractivity contribution in [3.8, 4) is 11.5 Å². The lowest BCUT2D eigenvalue weighted by Gasteiger charge is -2.12. The fourth-order valence-electron chi connectivity index (χ4n) is 4.62. The molecule has 0 fully saturated rings. The van der Waals surface area contributed by atoms with Gasteiger partial charge in [-0.2, -0.15) is 0 Å². The Morgan fingerprint density at radius 3 is 2.39 bits per heavy atom. The maximum Gasteiger partial charge on any atom is 0.255 e. The van der Waals surface area contributed by atoms with Crippen molar-refractivity contribution in [1.29, 1.82) is 0 Å². The number of para-hydroxylation sites is 1. The number of oxazole rings is 1. The highest BCUT2D eigenvalue weighted by Crippen LogP contribution is 2.33. The van der Waals surface area contributed by atoms with Crippen molar-refractivity contribution in [3.05, 3.63) is 132 Å². The second kappa shape index (κ2) is 9.51. The zero-order valence-electron chi connectivity index (χ0n) is 19.6. The van der Waals surface area contributed by atoms with Gasteiger partial charge in [0, 0.05) is 10.9 Å². The number of rotatable bonds is 6. The molecule has 0 saturated carbocycles. The summed E-state index contributed by atoms with van der Waals surface area (Å²) in [7, 11) is 0. The molecule has 0 spiro atoms. The van der Waals surface area contributed by atoms with Crippen LogP contribution in [0.5, 0.6) is 0 Å². The minimum Gasteiger partial charge on any atom is -0.435 e. The number of aromatic nitrogens is 1. The Morgan fingerprint density at radius 1 is 0.722 bits per heavy atom.